The Bertz CT molecular complexity index is 977. The highest BCUT2D eigenvalue weighted by atomic mass is 32.1. The highest BCUT2D eigenvalue weighted by Crippen LogP contribution is 2.44. The van der Waals surface area contributed by atoms with E-state index in [0.29, 0.717) is 12.0 Å². The molecule has 2 fully saturated rings. The van der Waals surface area contributed by atoms with Gasteiger partial charge < -0.3 is 10.2 Å². The molecule has 3 aromatic rings. The van der Waals surface area contributed by atoms with Gasteiger partial charge in [0.15, 0.2) is 10.9 Å². The molecule has 5 rings (SSSR count). The number of rotatable bonds is 5. The average molecular weight is 392 g/mol. The molecule has 1 aliphatic heterocycles. The lowest BCUT2D eigenvalue weighted by Gasteiger charge is -2.26. The molecule has 0 bridgehead atoms. The third-order valence-corrected chi connectivity index (χ3v) is 6.44. The summed E-state index contributed by atoms with van der Waals surface area (Å²) in [4.78, 5) is 17.9. The molecule has 1 atom stereocenters. The minimum Gasteiger partial charge on any atom is -0.348 e. The van der Waals surface area contributed by atoms with Gasteiger partial charge in [-0.3, -0.25) is 4.98 Å². The number of aryl methyl sites for hydroxylation is 2. The molecule has 0 radical (unpaired) electrons. The molecule has 3 heterocycles. The van der Waals surface area contributed by atoms with Crippen LogP contribution in [0.1, 0.15) is 59.3 Å². The molecule has 1 aromatic carbocycles. The summed E-state index contributed by atoms with van der Waals surface area (Å²) in [6, 6.07) is 9.28. The highest BCUT2D eigenvalue weighted by Gasteiger charge is 2.32. The molecule has 0 unspecified atom stereocenters. The third-order valence-electron chi connectivity index (χ3n) is 5.61. The first kappa shape index (κ1) is 17.6. The predicted molar refractivity (Wildman–Crippen MR) is 115 cm³/mol. The number of anilines is 3. The van der Waals surface area contributed by atoms with E-state index in [1.54, 1.807) is 11.3 Å². The average Bonchev–Trinajstić information content (AvgIpc) is 3.27. The van der Waals surface area contributed by atoms with Crippen LogP contribution in [0, 0.1) is 13.8 Å². The zero-order valence-electron chi connectivity index (χ0n) is 16.4. The van der Waals surface area contributed by atoms with E-state index in [1.807, 2.05) is 12.4 Å². The molecular weight excluding hydrogens is 366 g/mol. The molecule has 1 aliphatic carbocycles. The second-order valence-corrected chi connectivity index (χ2v) is 9.13. The minimum absolute atomic E-state index is 0.372. The van der Waals surface area contributed by atoms with Gasteiger partial charge in [0.25, 0.3) is 0 Å². The van der Waals surface area contributed by atoms with Crippen LogP contribution in [0.2, 0.25) is 0 Å². The molecular formula is C22H25N5S. The molecule has 1 saturated heterocycles. The van der Waals surface area contributed by atoms with Crippen LogP contribution >= 0.6 is 11.3 Å². The Morgan fingerprint density at radius 1 is 1.04 bits per heavy atom. The smallest absolute Gasteiger partial charge is 0.188 e. The van der Waals surface area contributed by atoms with Crippen LogP contribution in [0.15, 0.2) is 36.7 Å². The fourth-order valence-corrected chi connectivity index (χ4v) is 4.63. The SMILES string of the molecule is Cc1ccc([C@@H]2CCCN2c2cnc(C3CC3)c(Nc3ncc(C)s3)n2)cc1. The van der Waals surface area contributed by atoms with Gasteiger partial charge in [-0.15, -0.1) is 11.3 Å². The molecule has 28 heavy (non-hydrogen) atoms. The van der Waals surface area contributed by atoms with Gasteiger partial charge in [0.1, 0.15) is 5.82 Å². The normalized spacial score (nSPS) is 19.2. The molecule has 1 N–H and O–H groups in total. The molecule has 144 valence electrons. The van der Waals surface area contributed by atoms with Crippen molar-refractivity contribution in [1.29, 1.82) is 0 Å². The molecule has 2 aromatic heterocycles. The maximum Gasteiger partial charge on any atom is 0.188 e. The van der Waals surface area contributed by atoms with Crippen LogP contribution in [0.4, 0.5) is 16.8 Å². The highest BCUT2D eigenvalue weighted by molar-refractivity contribution is 7.15. The lowest BCUT2D eigenvalue weighted by atomic mass is 10.0. The fraction of sp³-hybridized carbons (Fsp3) is 0.409. The van der Waals surface area contributed by atoms with Crippen LogP contribution in [0.5, 0.6) is 0 Å². The summed E-state index contributed by atoms with van der Waals surface area (Å²) < 4.78 is 0. The standard InChI is InChI=1S/C22H25N5S/c1-14-5-7-16(8-6-14)18-4-3-11-27(18)19-13-23-20(17-9-10-17)21(25-19)26-22-24-12-15(2)28-22/h5-8,12-13,17-18H,3-4,9-11H2,1-2H3,(H,24,25,26)/t18-/m0/s1. The van der Waals surface area contributed by atoms with Gasteiger partial charge in [0, 0.05) is 23.5 Å². The number of thiazole rings is 1. The second kappa shape index (κ2) is 7.17. The largest absolute Gasteiger partial charge is 0.348 e. The number of benzene rings is 1. The van der Waals surface area contributed by atoms with Gasteiger partial charge in [-0.2, -0.15) is 0 Å². The van der Waals surface area contributed by atoms with Crippen molar-refractivity contribution in [3.63, 3.8) is 0 Å². The zero-order valence-corrected chi connectivity index (χ0v) is 17.2. The maximum atomic E-state index is 5.03. The number of nitrogens with one attached hydrogen (secondary N) is 1. The summed E-state index contributed by atoms with van der Waals surface area (Å²) in [5.74, 6) is 2.38. The van der Waals surface area contributed by atoms with Crippen molar-refractivity contribution in [1.82, 2.24) is 15.0 Å². The van der Waals surface area contributed by atoms with Crippen LogP contribution in [0.3, 0.4) is 0 Å². The van der Waals surface area contributed by atoms with Gasteiger partial charge in [0.2, 0.25) is 0 Å². The van der Waals surface area contributed by atoms with E-state index in [-0.39, 0.29) is 0 Å². The topological polar surface area (TPSA) is 53.9 Å². The molecule has 2 aliphatic rings. The Hall–Kier alpha value is -2.47. The van der Waals surface area contributed by atoms with E-state index in [4.69, 9.17) is 9.97 Å². The zero-order chi connectivity index (χ0) is 19.1. The number of aromatic nitrogens is 3. The summed E-state index contributed by atoms with van der Waals surface area (Å²) in [7, 11) is 0. The fourth-order valence-electron chi connectivity index (χ4n) is 3.96. The van der Waals surface area contributed by atoms with E-state index in [9.17, 15) is 0 Å². The Labute approximate surface area is 169 Å². The molecule has 5 nitrogen and oxygen atoms in total. The lowest BCUT2D eigenvalue weighted by molar-refractivity contribution is 0.709. The van der Waals surface area contributed by atoms with E-state index in [1.165, 1.54) is 35.3 Å². The quantitative estimate of drug-likeness (QED) is 0.621. The van der Waals surface area contributed by atoms with Crippen LogP contribution in [-0.2, 0) is 0 Å². The Morgan fingerprint density at radius 2 is 1.86 bits per heavy atom. The van der Waals surface area contributed by atoms with Crippen LogP contribution in [-0.4, -0.2) is 21.5 Å². The Kier molecular flexibility index (Phi) is 4.51. The lowest BCUT2D eigenvalue weighted by Crippen LogP contribution is -2.24. The van der Waals surface area contributed by atoms with Crippen molar-refractivity contribution in [2.24, 2.45) is 0 Å². The van der Waals surface area contributed by atoms with E-state index in [2.05, 4.69) is 53.3 Å². The van der Waals surface area contributed by atoms with Gasteiger partial charge in [-0.1, -0.05) is 29.8 Å². The van der Waals surface area contributed by atoms with E-state index >= 15 is 0 Å². The summed E-state index contributed by atoms with van der Waals surface area (Å²) in [5.41, 5.74) is 3.75. The van der Waals surface area contributed by atoms with Crippen LogP contribution in [0.25, 0.3) is 0 Å². The van der Waals surface area contributed by atoms with Crippen molar-refractivity contribution in [3.05, 3.63) is 58.4 Å². The molecule has 6 heteroatoms. The summed E-state index contributed by atoms with van der Waals surface area (Å²) in [6.45, 7) is 5.23. The summed E-state index contributed by atoms with van der Waals surface area (Å²) in [6.07, 6.45) is 8.61. The van der Waals surface area contributed by atoms with Gasteiger partial charge in [0.05, 0.1) is 17.9 Å². The van der Waals surface area contributed by atoms with E-state index < -0.39 is 0 Å². The Balaban J connectivity index is 1.47. The third kappa shape index (κ3) is 3.49. The predicted octanol–water partition coefficient (Wildman–Crippen LogP) is 5.51. The number of nitrogens with zero attached hydrogens (tertiary/aromatic N) is 4. The van der Waals surface area contributed by atoms with Crippen molar-refractivity contribution in [3.8, 4) is 0 Å². The van der Waals surface area contributed by atoms with E-state index in [0.717, 1.165) is 35.4 Å². The van der Waals surface area contributed by atoms with Crippen molar-refractivity contribution >= 4 is 28.1 Å². The monoisotopic (exact) mass is 391 g/mol. The van der Waals surface area contributed by atoms with Gasteiger partial charge in [-0.25, -0.2) is 9.97 Å². The first-order chi connectivity index (χ1) is 13.7. The number of hydrogen-bond donors (Lipinski definition) is 1. The second-order valence-electron chi connectivity index (χ2n) is 7.90. The van der Waals surface area contributed by atoms with Gasteiger partial charge in [-0.05, 0) is 45.1 Å². The first-order valence-corrected chi connectivity index (χ1v) is 10.9. The van der Waals surface area contributed by atoms with Crippen LogP contribution < -0.4 is 10.2 Å². The Morgan fingerprint density at radius 3 is 2.57 bits per heavy atom. The first-order valence-electron chi connectivity index (χ1n) is 10.1. The van der Waals surface area contributed by atoms with Gasteiger partial charge >= 0.3 is 0 Å². The van der Waals surface area contributed by atoms with Crippen molar-refractivity contribution in [2.75, 3.05) is 16.8 Å². The minimum atomic E-state index is 0.372. The van der Waals surface area contributed by atoms with Crippen molar-refractivity contribution in [2.45, 2.75) is 51.5 Å². The molecule has 1 saturated carbocycles. The number of hydrogen-bond acceptors (Lipinski definition) is 6. The maximum absolute atomic E-state index is 5.03. The molecule has 0 spiro atoms. The van der Waals surface area contributed by atoms with Crippen molar-refractivity contribution < 1.29 is 0 Å². The molecule has 0 amide bonds. The summed E-state index contributed by atoms with van der Waals surface area (Å²) in [5, 5.41) is 4.34. The summed E-state index contributed by atoms with van der Waals surface area (Å²) >= 11 is 1.66.